The van der Waals surface area contributed by atoms with Crippen molar-refractivity contribution in [3.05, 3.63) is 188 Å². The number of nitrogens with zero attached hydrogens (tertiary/aromatic N) is 3. The van der Waals surface area contributed by atoms with Crippen LogP contribution in [0.25, 0.3) is 104 Å². The fraction of sp³-hybridized carbons (Fsp3) is 0. The summed E-state index contributed by atoms with van der Waals surface area (Å²) in [4.78, 5) is 10.6. The molecule has 0 aliphatic carbocycles. The molecule has 0 saturated carbocycles. The Kier molecular flexibility index (Phi) is 6.55. The Morgan fingerprint density at radius 2 is 0.906 bits per heavy atom. The van der Waals surface area contributed by atoms with Crippen molar-refractivity contribution in [2.24, 2.45) is 0 Å². The van der Waals surface area contributed by atoms with E-state index in [0.29, 0.717) is 0 Å². The van der Waals surface area contributed by atoms with Crippen molar-refractivity contribution in [1.82, 2.24) is 14.5 Å². The second-order valence-electron chi connectivity index (χ2n) is 13.8. The van der Waals surface area contributed by atoms with Crippen molar-refractivity contribution in [2.75, 3.05) is 0 Å². The van der Waals surface area contributed by atoms with E-state index >= 15 is 0 Å². The first kappa shape index (κ1) is 29.6. The van der Waals surface area contributed by atoms with Crippen molar-refractivity contribution in [3.63, 3.8) is 0 Å². The molecule has 0 N–H and O–H groups in total. The average molecular weight is 674 g/mol. The van der Waals surface area contributed by atoms with Crippen molar-refractivity contribution in [2.45, 2.75) is 0 Å². The number of rotatable bonds is 4. The van der Waals surface area contributed by atoms with Crippen LogP contribution in [0.4, 0.5) is 0 Å². The topological polar surface area (TPSA) is 30.7 Å². The van der Waals surface area contributed by atoms with Crippen LogP contribution in [0.15, 0.2) is 188 Å². The molecule has 0 bridgehead atoms. The molecule has 0 amide bonds. The highest BCUT2D eigenvalue weighted by atomic mass is 15.0. The van der Waals surface area contributed by atoms with Crippen LogP contribution in [0.2, 0.25) is 0 Å². The van der Waals surface area contributed by atoms with Crippen molar-refractivity contribution >= 4 is 65.2 Å². The lowest BCUT2D eigenvalue weighted by atomic mass is 9.96. The Bertz CT molecular complexity index is 3140. The zero-order valence-corrected chi connectivity index (χ0v) is 28.7. The van der Waals surface area contributed by atoms with Gasteiger partial charge in [-0.05, 0) is 85.9 Å². The highest BCUT2D eigenvalue weighted by molar-refractivity contribution is 6.28. The quantitative estimate of drug-likeness (QED) is 0.186. The van der Waals surface area contributed by atoms with Crippen LogP contribution in [0, 0.1) is 0 Å². The van der Waals surface area contributed by atoms with Crippen LogP contribution in [-0.2, 0) is 0 Å². The molecule has 3 heteroatoms. The molecule has 0 radical (unpaired) electrons. The van der Waals surface area contributed by atoms with Crippen molar-refractivity contribution in [3.8, 4) is 39.3 Å². The summed E-state index contributed by atoms with van der Waals surface area (Å²) in [7, 11) is 0. The normalized spacial score (nSPS) is 11.8. The van der Waals surface area contributed by atoms with Crippen LogP contribution in [-0.4, -0.2) is 14.5 Å². The lowest BCUT2D eigenvalue weighted by Crippen LogP contribution is -1.97. The molecule has 11 rings (SSSR count). The summed E-state index contributed by atoms with van der Waals surface area (Å²) in [5.74, 6) is 0. The molecule has 0 fully saturated rings. The van der Waals surface area contributed by atoms with Gasteiger partial charge in [0.15, 0.2) is 0 Å². The lowest BCUT2D eigenvalue weighted by Gasteiger charge is -2.15. The van der Waals surface area contributed by atoms with E-state index in [0.717, 1.165) is 55.6 Å². The van der Waals surface area contributed by atoms with Gasteiger partial charge in [0.05, 0.1) is 33.5 Å². The van der Waals surface area contributed by atoms with E-state index in [1.54, 1.807) is 0 Å². The van der Waals surface area contributed by atoms with Gasteiger partial charge in [-0.25, -0.2) is 9.97 Å². The summed E-state index contributed by atoms with van der Waals surface area (Å²) in [6.45, 7) is 0. The predicted molar refractivity (Wildman–Crippen MR) is 223 cm³/mol. The summed E-state index contributed by atoms with van der Waals surface area (Å²) >= 11 is 0. The lowest BCUT2D eigenvalue weighted by molar-refractivity contribution is 1.19. The first-order valence-corrected chi connectivity index (χ1v) is 18.1. The number of hydrogen-bond acceptors (Lipinski definition) is 2. The maximum atomic E-state index is 5.32. The molecule has 0 unspecified atom stereocenters. The summed E-state index contributed by atoms with van der Waals surface area (Å²) < 4.78 is 2.44. The van der Waals surface area contributed by atoms with Crippen LogP contribution >= 0.6 is 0 Å². The predicted octanol–water partition coefficient (Wildman–Crippen LogP) is 13.2. The third-order valence-electron chi connectivity index (χ3n) is 10.7. The Morgan fingerprint density at radius 3 is 1.62 bits per heavy atom. The fourth-order valence-electron chi connectivity index (χ4n) is 8.31. The van der Waals surface area contributed by atoms with Crippen LogP contribution in [0.5, 0.6) is 0 Å². The minimum atomic E-state index is 0.874. The summed E-state index contributed by atoms with van der Waals surface area (Å²) in [6, 6.07) is 67.3. The average Bonchev–Trinajstić information content (AvgIpc) is 3.58. The largest absolute Gasteiger partial charge is 0.309 e. The molecule has 0 saturated heterocycles. The molecule has 2 heterocycles. The number of aromatic nitrogens is 3. The van der Waals surface area contributed by atoms with E-state index in [2.05, 4.69) is 174 Å². The van der Waals surface area contributed by atoms with E-state index in [-0.39, 0.29) is 0 Å². The van der Waals surface area contributed by atoms with Gasteiger partial charge in [0.2, 0.25) is 0 Å². The van der Waals surface area contributed by atoms with Gasteiger partial charge in [-0.2, -0.15) is 0 Å². The Labute approximate surface area is 306 Å². The number of benzene rings is 9. The molecule has 0 aliphatic rings. The SMILES string of the molecule is c1ccc(-c2cccc(-c3nc4ccccc4nc3-c3cccc4cc(-n5c6ccc7ccccc7c6c6c7ccccc7ccc65)ccc34)c2)cc1. The first-order valence-electron chi connectivity index (χ1n) is 18.1. The summed E-state index contributed by atoms with van der Waals surface area (Å²) in [5.41, 5.74) is 11.5. The van der Waals surface area contributed by atoms with Gasteiger partial charge in [0, 0.05) is 27.6 Å². The molecule has 3 nitrogen and oxygen atoms in total. The molecule has 0 aliphatic heterocycles. The van der Waals surface area contributed by atoms with Crippen LogP contribution in [0.1, 0.15) is 0 Å². The maximum Gasteiger partial charge on any atom is 0.0979 e. The molecule has 11 aromatic rings. The molecule has 2 aromatic heterocycles. The summed E-state index contributed by atoms with van der Waals surface area (Å²) in [5, 5.41) is 9.90. The highest BCUT2D eigenvalue weighted by Gasteiger charge is 2.19. The standard InChI is InChI=1S/C50H31N3/c1-2-12-32(13-3-1)35-16-10-18-37(30-35)49-50(52-44-23-9-8-22-43(44)51-49)42-21-11-17-36-31-38(26-27-39(36)42)53-45-28-24-33-14-4-6-19-40(33)47(45)48-41-20-7-5-15-34(41)25-29-46(48)53/h1-31H. The fourth-order valence-corrected chi connectivity index (χ4v) is 8.31. The zero-order valence-electron chi connectivity index (χ0n) is 28.7. The number of para-hydroxylation sites is 2. The maximum absolute atomic E-state index is 5.32. The van der Waals surface area contributed by atoms with Crippen LogP contribution in [0.3, 0.4) is 0 Å². The number of fused-ring (bicyclic) bond motifs is 9. The molecule has 246 valence electrons. The third-order valence-corrected chi connectivity index (χ3v) is 10.7. The Morgan fingerprint density at radius 1 is 0.340 bits per heavy atom. The number of hydrogen-bond donors (Lipinski definition) is 0. The van der Waals surface area contributed by atoms with E-state index in [1.807, 2.05) is 18.2 Å². The third kappa shape index (κ3) is 4.68. The van der Waals surface area contributed by atoms with Gasteiger partial charge < -0.3 is 4.57 Å². The van der Waals surface area contributed by atoms with E-state index in [1.165, 1.54) is 48.9 Å². The molecule has 0 atom stereocenters. The molecular weight excluding hydrogens is 643 g/mol. The minimum Gasteiger partial charge on any atom is -0.309 e. The van der Waals surface area contributed by atoms with E-state index < -0.39 is 0 Å². The van der Waals surface area contributed by atoms with E-state index in [4.69, 9.17) is 9.97 Å². The first-order chi connectivity index (χ1) is 26.3. The van der Waals surface area contributed by atoms with Gasteiger partial charge in [0.1, 0.15) is 0 Å². The monoisotopic (exact) mass is 673 g/mol. The van der Waals surface area contributed by atoms with Crippen molar-refractivity contribution < 1.29 is 0 Å². The van der Waals surface area contributed by atoms with Gasteiger partial charge >= 0.3 is 0 Å². The Balaban J connectivity index is 1.14. The zero-order chi connectivity index (χ0) is 34.9. The summed E-state index contributed by atoms with van der Waals surface area (Å²) in [6.07, 6.45) is 0. The molecule has 53 heavy (non-hydrogen) atoms. The van der Waals surface area contributed by atoms with Crippen molar-refractivity contribution in [1.29, 1.82) is 0 Å². The Hall–Kier alpha value is -7.10. The molecule has 0 spiro atoms. The van der Waals surface area contributed by atoms with E-state index in [9.17, 15) is 0 Å². The molecular formula is C50H31N3. The second-order valence-corrected chi connectivity index (χ2v) is 13.8. The second kappa shape index (κ2) is 11.7. The van der Waals surface area contributed by atoms with Crippen LogP contribution < -0.4 is 0 Å². The van der Waals surface area contributed by atoms with Gasteiger partial charge in [0.25, 0.3) is 0 Å². The van der Waals surface area contributed by atoms with Gasteiger partial charge in [-0.3, -0.25) is 0 Å². The van der Waals surface area contributed by atoms with Gasteiger partial charge in [-0.1, -0.05) is 146 Å². The highest BCUT2D eigenvalue weighted by Crippen LogP contribution is 2.42. The van der Waals surface area contributed by atoms with Gasteiger partial charge in [-0.15, -0.1) is 0 Å². The molecule has 9 aromatic carbocycles. The smallest absolute Gasteiger partial charge is 0.0979 e. The minimum absolute atomic E-state index is 0.874.